The number of nitrogens with one attached hydrogen (secondary N) is 1. The molecule has 0 atom stereocenters. The zero-order chi connectivity index (χ0) is 9.10. The van der Waals surface area contributed by atoms with Crippen LogP contribution < -0.4 is 0 Å². The van der Waals surface area contributed by atoms with Gasteiger partial charge in [-0.2, -0.15) is 5.10 Å². The summed E-state index contributed by atoms with van der Waals surface area (Å²) in [7, 11) is 0. The second kappa shape index (κ2) is 3.37. The van der Waals surface area contributed by atoms with Gasteiger partial charge in [0.15, 0.2) is 0 Å². The van der Waals surface area contributed by atoms with Crippen LogP contribution in [0.5, 0.6) is 0 Å². The first-order valence-electron chi connectivity index (χ1n) is 3.95. The van der Waals surface area contributed by atoms with Crippen LogP contribution in [-0.2, 0) is 6.61 Å². The van der Waals surface area contributed by atoms with E-state index < -0.39 is 0 Å². The Hall–Kier alpha value is -1.68. The average molecular weight is 175 g/mol. The summed E-state index contributed by atoms with van der Waals surface area (Å²) in [4.78, 5) is 3.98. The third kappa shape index (κ3) is 1.57. The molecule has 66 valence electrons. The van der Waals surface area contributed by atoms with Gasteiger partial charge in [0, 0.05) is 18.0 Å². The quantitative estimate of drug-likeness (QED) is 0.714. The van der Waals surface area contributed by atoms with Gasteiger partial charge in [-0.25, -0.2) is 0 Å². The van der Waals surface area contributed by atoms with Crippen molar-refractivity contribution < 1.29 is 5.11 Å². The Kier molecular flexibility index (Phi) is 2.06. The largest absolute Gasteiger partial charge is 0.390 e. The fourth-order valence-electron chi connectivity index (χ4n) is 1.10. The number of hydrogen-bond acceptors (Lipinski definition) is 3. The highest BCUT2D eigenvalue weighted by Crippen LogP contribution is 2.15. The molecule has 0 unspecified atom stereocenters. The maximum atomic E-state index is 8.81. The van der Waals surface area contributed by atoms with Crippen molar-refractivity contribution in [3.05, 3.63) is 36.3 Å². The molecule has 0 saturated carbocycles. The fraction of sp³-hybridized carbons (Fsp3) is 0.111. The minimum atomic E-state index is -0.0206. The van der Waals surface area contributed by atoms with Crippen LogP contribution in [0.1, 0.15) is 5.69 Å². The lowest BCUT2D eigenvalue weighted by Gasteiger charge is -1.91. The number of aliphatic hydroxyl groups excluding tert-OH is 1. The van der Waals surface area contributed by atoms with Crippen LogP contribution in [0, 0.1) is 0 Å². The maximum Gasteiger partial charge on any atom is 0.0939 e. The predicted molar refractivity (Wildman–Crippen MR) is 47.7 cm³/mol. The summed E-state index contributed by atoms with van der Waals surface area (Å²) in [5, 5.41) is 15.6. The monoisotopic (exact) mass is 175 g/mol. The molecule has 0 saturated heterocycles. The molecule has 2 N–H and O–H groups in total. The molecule has 2 aromatic rings. The molecule has 0 bridgehead atoms. The predicted octanol–water partition coefficient (Wildman–Crippen LogP) is 0.964. The van der Waals surface area contributed by atoms with E-state index in [0.717, 1.165) is 11.3 Å². The summed E-state index contributed by atoms with van der Waals surface area (Å²) in [5.41, 5.74) is 2.45. The normalized spacial score (nSPS) is 10.2. The number of aromatic amines is 1. The molecule has 13 heavy (non-hydrogen) atoms. The van der Waals surface area contributed by atoms with Crippen molar-refractivity contribution in [1.29, 1.82) is 0 Å². The van der Waals surface area contributed by atoms with Crippen molar-refractivity contribution in [2.45, 2.75) is 6.61 Å². The summed E-state index contributed by atoms with van der Waals surface area (Å²) in [6, 6.07) is 5.57. The molecule has 2 aromatic heterocycles. The molecule has 4 heteroatoms. The highest BCUT2D eigenvalue weighted by atomic mass is 16.3. The van der Waals surface area contributed by atoms with Gasteiger partial charge in [0.2, 0.25) is 0 Å². The molecular formula is C9H9N3O. The topological polar surface area (TPSA) is 61.8 Å². The Morgan fingerprint density at radius 1 is 1.46 bits per heavy atom. The first-order valence-corrected chi connectivity index (χ1v) is 3.95. The van der Waals surface area contributed by atoms with Gasteiger partial charge in [0.05, 0.1) is 18.0 Å². The van der Waals surface area contributed by atoms with E-state index in [0.29, 0.717) is 5.69 Å². The molecule has 0 fully saturated rings. The standard InChI is InChI=1S/C9H9N3O/c13-6-8-4-9(12-11-8)7-2-1-3-10-5-7/h1-5,13H,6H2,(H,11,12). The van der Waals surface area contributed by atoms with Crippen molar-refractivity contribution in [2.75, 3.05) is 0 Å². The lowest BCUT2D eigenvalue weighted by molar-refractivity contribution is 0.276. The molecule has 0 aromatic carbocycles. The molecule has 2 rings (SSSR count). The second-order valence-corrected chi connectivity index (χ2v) is 2.68. The van der Waals surface area contributed by atoms with Gasteiger partial charge in [-0.3, -0.25) is 10.1 Å². The highest BCUT2D eigenvalue weighted by molar-refractivity contribution is 5.57. The molecule has 2 heterocycles. The third-order valence-corrected chi connectivity index (χ3v) is 1.76. The van der Waals surface area contributed by atoms with Crippen molar-refractivity contribution in [2.24, 2.45) is 0 Å². The van der Waals surface area contributed by atoms with E-state index in [2.05, 4.69) is 15.2 Å². The van der Waals surface area contributed by atoms with Crippen LogP contribution in [0.25, 0.3) is 11.3 Å². The van der Waals surface area contributed by atoms with Gasteiger partial charge >= 0.3 is 0 Å². The van der Waals surface area contributed by atoms with E-state index in [4.69, 9.17) is 5.11 Å². The van der Waals surface area contributed by atoms with Gasteiger partial charge < -0.3 is 5.11 Å². The van der Waals surface area contributed by atoms with Gasteiger partial charge in [-0.1, -0.05) is 0 Å². The Balaban J connectivity index is 2.36. The molecular weight excluding hydrogens is 166 g/mol. The van der Waals surface area contributed by atoms with Crippen LogP contribution in [0.15, 0.2) is 30.6 Å². The molecule has 0 aliphatic carbocycles. The molecule has 0 amide bonds. The number of rotatable bonds is 2. The first kappa shape index (κ1) is 7.94. The lowest BCUT2D eigenvalue weighted by Crippen LogP contribution is -1.79. The Morgan fingerprint density at radius 2 is 2.38 bits per heavy atom. The minimum Gasteiger partial charge on any atom is -0.390 e. The van der Waals surface area contributed by atoms with Crippen molar-refractivity contribution in [3.8, 4) is 11.3 Å². The summed E-state index contributed by atoms with van der Waals surface area (Å²) >= 11 is 0. The number of aromatic nitrogens is 3. The van der Waals surface area contributed by atoms with E-state index in [1.165, 1.54) is 0 Å². The number of nitrogens with zero attached hydrogens (tertiary/aromatic N) is 2. The highest BCUT2D eigenvalue weighted by Gasteiger charge is 2.01. The van der Waals surface area contributed by atoms with E-state index in [1.807, 2.05) is 12.1 Å². The molecule has 0 aliphatic heterocycles. The maximum absolute atomic E-state index is 8.81. The van der Waals surface area contributed by atoms with Gasteiger partial charge in [0.1, 0.15) is 0 Å². The number of H-pyrrole nitrogens is 1. The SMILES string of the molecule is OCc1cc(-c2cccnc2)n[nH]1. The van der Waals surface area contributed by atoms with Gasteiger partial charge in [-0.05, 0) is 18.2 Å². The summed E-state index contributed by atoms with van der Waals surface area (Å²) < 4.78 is 0. The smallest absolute Gasteiger partial charge is 0.0939 e. The molecule has 0 aliphatic rings. The summed E-state index contributed by atoms with van der Waals surface area (Å²) in [6.07, 6.45) is 3.44. The molecule has 0 radical (unpaired) electrons. The van der Waals surface area contributed by atoms with E-state index in [-0.39, 0.29) is 6.61 Å². The van der Waals surface area contributed by atoms with Crippen LogP contribution in [0.3, 0.4) is 0 Å². The van der Waals surface area contributed by atoms with Crippen LogP contribution in [0.4, 0.5) is 0 Å². The third-order valence-electron chi connectivity index (χ3n) is 1.76. The number of aliphatic hydroxyl groups is 1. The Morgan fingerprint density at radius 3 is 3.00 bits per heavy atom. The van der Waals surface area contributed by atoms with Crippen LogP contribution in [0.2, 0.25) is 0 Å². The zero-order valence-electron chi connectivity index (χ0n) is 6.94. The van der Waals surface area contributed by atoms with Crippen LogP contribution in [-0.4, -0.2) is 20.3 Å². The van der Waals surface area contributed by atoms with Crippen molar-refractivity contribution in [1.82, 2.24) is 15.2 Å². The Labute approximate surface area is 75.3 Å². The zero-order valence-corrected chi connectivity index (χ0v) is 6.94. The number of pyridine rings is 1. The second-order valence-electron chi connectivity index (χ2n) is 2.68. The van der Waals surface area contributed by atoms with Gasteiger partial charge in [-0.15, -0.1) is 0 Å². The van der Waals surface area contributed by atoms with E-state index in [9.17, 15) is 0 Å². The Bertz CT molecular complexity index is 383. The number of hydrogen-bond donors (Lipinski definition) is 2. The van der Waals surface area contributed by atoms with E-state index in [1.54, 1.807) is 18.5 Å². The lowest BCUT2D eigenvalue weighted by atomic mass is 10.2. The molecule has 4 nitrogen and oxygen atoms in total. The molecule has 0 spiro atoms. The summed E-state index contributed by atoms with van der Waals surface area (Å²) in [6.45, 7) is -0.0206. The minimum absolute atomic E-state index is 0.0206. The van der Waals surface area contributed by atoms with Crippen molar-refractivity contribution in [3.63, 3.8) is 0 Å². The summed E-state index contributed by atoms with van der Waals surface area (Å²) in [5.74, 6) is 0. The average Bonchev–Trinajstić information content (AvgIpc) is 2.67. The van der Waals surface area contributed by atoms with E-state index >= 15 is 0 Å². The van der Waals surface area contributed by atoms with Gasteiger partial charge in [0.25, 0.3) is 0 Å². The first-order chi connectivity index (χ1) is 6.40. The van der Waals surface area contributed by atoms with Crippen LogP contribution >= 0.6 is 0 Å². The fourth-order valence-corrected chi connectivity index (χ4v) is 1.10. The van der Waals surface area contributed by atoms with Crippen molar-refractivity contribution >= 4 is 0 Å².